The first-order valence-corrected chi connectivity index (χ1v) is 8.08. The highest BCUT2D eigenvalue weighted by Crippen LogP contribution is 2.24. The number of primary sulfonamides is 1. The van der Waals surface area contributed by atoms with E-state index >= 15 is 0 Å². The monoisotopic (exact) mass is 316 g/mol. The molecule has 1 atom stereocenters. The number of carbonyl (C=O) groups excluding carboxylic acids is 1. The molecule has 0 aliphatic rings. The molecule has 1 aromatic carbocycles. The van der Waals surface area contributed by atoms with E-state index < -0.39 is 26.6 Å². The quantitative estimate of drug-likeness (QED) is 0.889. The zero-order chi connectivity index (χ0) is 16.4. The summed E-state index contributed by atoms with van der Waals surface area (Å²) in [6.07, 6.45) is 0. The fourth-order valence-electron chi connectivity index (χ4n) is 1.52. The van der Waals surface area contributed by atoms with Crippen molar-refractivity contribution in [2.75, 3.05) is 6.54 Å². The number of hydrogen-bond donors (Lipinski definition) is 2. The van der Waals surface area contributed by atoms with Crippen LogP contribution in [-0.2, 0) is 10.0 Å². The van der Waals surface area contributed by atoms with E-state index in [4.69, 9.17) is 5.14 Å². The summed E-state index contributed by atoms with van der Waals surface area (Å²) in [5.74, 6) is -1.22. The number of carbonyl (C=O) groups is 1. The van der Waals surface area contributed by atoms with Crippen LogP contribution in [0.5, 0.6) is 0 Å². The number of benzene rings is 1. The highest BCUT2D eigenvalue weighted by atomic mass is 32.2. The van der Waals surface area contributed by atoms with E-state index in [0.29, 0.717) is 6.54 Å². The lowest BCUT2D eigenvalue weighted by atomic mass is 9.82. The van der Waals surface area contributed by atoms with Gasteiger partial charge in [0.1, 0.15) is 10.7 Å². The smallest absolute Gasteiger partial charge is 0.251 e. The summed E-state index contributed by atoms with van der Waals surface area (Å²) in [6, 6.07) is 3.09. The highest BCUT2D eigenvalue weighted by Gasteiger charge is 2.21. The molecule has 0 spiro atoms. The Labute approximate surface area is 124 Å². The number of rotatable bonds is 4. The molecule has 1 unspecified atom stereocenters. The maximum absolute atomic E-state index is 13.4. The van der Waals surface area contributed by atoms with E-state index in [0.717, 1.165) is 12.1 Å². The van der Waals surface area contributed by atoms with Crippen molar-refractivity contribution in [3.8, 4) is 0 Å². The van der Waals surface area contributed by atoms with Crippen molar-refractivity contribution in [1.82, 2.24) is 5.32 Å². The minimum Gasteiger partial charge on any atom is -0.352 e. The summed E-state index contributed by atoms with van der Waals surface area (Å²) in [5, 5.41) is 7.61. The summed E-state index contributed by atoms with van der Waals surface area (Å²) in [5.41, 5.74) is 0.0866. The van der Waals surface area contributed by atoms with Crippen molar-refractivity contribution in [3.63, 3.8) is 0 Å². The van der Waals surface area contributed by atoms with Gasteiger partial charge < -0.3 is 5.32 Å². The maximum Gasteiger partial charge on any atom is 0.251 e. The predicted octanol–water partition coefficient (Wildman–Crippen LogP) is 1.89. The van der Waals surface area contributed by atoms with Crippen LogP contribution in [0.1, 0.15) is 38.1 Å². The van der Waals surface area contributed by atoms with Gasteiger partial charge in [-0.25, -0.2) is 17.9 Å². The molecule has 0 aromatic heterocycles. The summed E-state index contributed by atoms with van der Waals surface area (Å²) in [4.78, 5) is 11.3. The second-order valence-electron chi connectivity index (χ2n) is 6.17. The van der Waals surface area contributed by atoms with E-state index in [1.807, 2.05) is 6.92 Å². The molecule has 1 rings (SSSR count). The Morgan fingerprint density at radius 1 is 1.38 bits per heavy atom. The van der Waals surface area contributed by atoms with Gasteiger partial charge in [-0.3, -0.25) is 4.79 Å². The third kappa shape index (κ3) is 4.78. The SMILES string of the molecule is CC(CNC(=O)c1ccc(F)c(S(N)(=O)=O)c1)C(C)(C)C. The molecule has 118 valence electrons. The van der Waals surface area contributed by atoms with Crippen LogP contribution in [-0.4, -0.2) is 20.9 Å². The Morgan fingerprint density at radius 2 is 1.95 bits per heavy atom. The molecule has 0 saturated carbocycles. The molecule has 7 heteroatoms. The van der Waals surface area contributed by atoms with Crippen LogP contribution in [0.2, 0.25) is 0 Å². The zero-order valence-electron chi connectivity index (χ0n) is 12.6. The number of sulfonamides is 1. The lowest BCUT2D eigenvalue weighted by Crippen LogP contribution is -2.33. The number of nitrogens with two attached hydrogens (primary N) is 1. The summed E-state index contributed by atoms with van der Waals surface area (Å²) in [7, 11) is -4.20. The molecular weight excluding hydrogens is 295 g/mol. The van der Waals surface area contributed by atoms with Gasteiger partial charge >= 0.3 is 0 Å². The van der Waals surface area contributed by atoms with Crippen LogP contribution >= 0.6 is 0 Å². The van der Waals surface area contributed by atoms with Crippen LogP contribution < -0.4 is 10.5 Å². The van der Waals surface area contributed by atoms with Crippen molar-refractivity contribution in [2.24, 2.45) is 16.5 Å². The van der Waals surface area contributed by atoms with Crippen molar-refractivity contribution >= 4 is 15.9 Å². The van der Waals surface area contributed by atoms with E-state index in [2.05, 4.69) is 26.1 Å². The first kappa shape index (κ1) is 17.6. The third-order valence-electron chi connectivity index (χ3n) is 3.55. The first-order valence-electron chi connectivity index (χ1n) is 6.53. The van der Waals surface area contributed by atoms with Crippen LogP contribution in [0.3, 0.4) is 0 Å². The number of amides is 1. The summed E-state index contributed by atoms with van der Waals surface area (Å²) < 4.78 is 35.9. The minimum atomic E-state index is -4.20. The standard InChI is InChI=1S/C14H21FN2O3S/c1-9(14(2,3)4)8-17-13(18)10-5-6-11(15)12(7-10)21(16,19)20/h5-7,9H,8H2,1-4H3,(H,17,18)(H2,16,19,20). The average molecular weight is 316 g/mol. The van der Waals surface area contributed by atoms with Crippen LogP contribution in [0.25, 0.3) is 0 Å². The molecule has 1 amide bonds. The number of halogens is 1. The Bertz CT molecular complexity index is 636. The fourth-order valence-corrected chi connectivity index (χ4v) is 2.15. The van der Waals surface area contributed by atoms with Crippen LogP contribution in [0, 0.1) is 17.2 Å². The Kier molecular flexibility index (Phi) is 5.11. The average Bonchev–Trinajstić information content (AvgIpc) is 2.33. The molecule has 0 aliphatic heterocycles. The highest BCUT2D eigenvalue weighted by molar-refractivity contribution is 7.89. The lowest BCUT2D eigenvalue weighted by Gasteiger charge is -2.27. The predicted molar refractivity (Wildman–Crippen MR) is 78.7 cm³/mol. The normalized spacial score (nSPS) is 13.8. The second-order valence-corrected chi connectivity index (χ2v) is 7.70. The number of hydrogen-bond acceptors (Lipinski definition) is 3. The van der Waals surface area contributed by atoms with Crippen LogP contribution in [0.15, 0.2) is 23.1 Å². The second kappa shape index (κ2) is 6.11. The molecule has 0 radical (unpaired) electrons. The largest absolute Gasteiger partial charge is 0.352 e. The van der Waals surface area contributed by atoms with Gasteiger partial charge in [0.05, 0.1) is 0 Å². The Morgan fingerprint density at radius 3 is 2.43 bits per heavy atom. The maximum atomic E-state index is 13.4. The van der Waals surface area contributed by atoms with Gasteiger partial charge in [-0.1, -0.05) is 27.7 Å². The number of nitrogens with one attached hydrogen (secondary N) is 1. The fraction of sp³-hybridized carbons (Fsp3) is 0.500. The van der Waals surface area contributed by atoms with Gasteiger partial charge in [-0.05, 0) is 29.5 Å². The van der Waals surface area contributed by atoms with Crippen molar-refractivity contribution in [1.29, 1.82) is 0 Å². The molecule has 0 heterocycles. The molecule has 0 fully saturated rings. The van der Waals surface area contributed by atoms with Crippen molar-refractivity contribution in [3.05, 3.63) is 29.6 Å². The van der Waals surface area contributed by atoms with Gasteiger partial charge in [0.15, 0.2) is 0 Å². The van der Waals surface area contributed by atoms with E-state index in [-0.39, 0.29) is 16.9 Å². The van der Waals surface area contributed by atoms with E-state index in [9.17, 15) is 17.6 Å². The molecule has 0 saturated heterocycles. The summed E-state index contributed by atoms with van der Waals surface area (Å²) in [6.45, 7) is 8.60. The molecule has 21 heavy (non-hydrogen) atoms. The van der Waals surface area contributed by atoms with E-state index in [1.165, 1.54) is 6.07 Å². The van der Waals surface area contributed by atoms with Crippen molar-refractivity contribution < 1.29 is 17.6 Å². The summed E-state index contributed by atoms with van der Waals surface area (Å²) >= 11 is 0. The van der Waals surface area contributed by atoms with Gasteiger partial charge in [0.2, 0.25) is 10.0 Å². The lowest BCUT2D eigenvalue weighted by molar-refractivity contribution is 0.0937. The molecule has 0 bridgehead atoms. The molecule has 5 nitrogen and oxygen atoms in total. The first-order chi connectivity index (χ1) is 9.43. The van der Waals surface area contributed by atoms with Crippen LogP contribution in [0.4, 0.5) is 4.39 Å². The van der Waals surface area contributed by atoms with Gasteiger partial charge in [0.25, 0.3) is 5.91 Å². The third-order valence-corrected chi connectivity index (χ3v) is 4.47. The Balaban J connectivity index is 2.90. The molecule has 1 aromatic rings. The molecule has 3 N–H and O–H groups in total. The molecular formula is C14H21FN2O3S. The van der Waals surface area contributed by atoms with Gasteiger partial charge in [-0.15, -0.1) is 0 Å². The topological polar surface area (TPSA) is 89.3 Å². The minimum absolute atomic E-state index is 0.0296. The van der Waals surface area contributed by atoms with E-state index in [1.54, 1.807) is 0 Å². The van der Waals surface area contributed by atoms with Gasteiger partial charge in [-0.2, -0.15) is 0 Å². The van der Waals surface area contributed by atoms with Gasteiger partial charge in [0, 0.05) is 12.1 Å². The zero-order valence-corrected chi connectivity index (χ0v) is 13.4. The molecule has 0 aliphatic carbocycles. The Hall–Kier alpha value is -1.47. The van der Waals surface area contributed by atoms with Crippen molar-refractivity contribution in [2.45, 2.75) is 32.6 Å².